The molecule has 0 amide bonds. The Morgan fingerprint density at radius 1 is 1.44 bits per heavy atom. The SMILES string of the molecule is CCC(C)CNCc1ccccc1OCC(=O)O. The van der Waals surface area contributed by atoms with Crippen molar-refractivity contribution in [3.8, 4) is 5.75 Å². The van der Waals surface area contributed by atoms with Crippen LogP contribution in [0.3, 0.4) is 0 Å². The summed E-state index contributed by atoms with van der Waals surface area (Å²) in [5.74, 6) is 0.311. The average Bonchev–Trinajstić information content (AvgIpc) is 2.37. The molecule has 18 heavy (non-hydrogen) atoms. The van der Waals surface area contributed by atoms with Crippen LogP contribution in [0.25, 0.3) is 0 Å². The van der Waals surface area contributed by atoms with E-state index in [2.05, 4.69) is 19.2 Å². The molecule has 0 spiro atoms. The topological polar surface area (TPSA) is 58.6 Å². The number of hydrogen-bond acceptors (Lipinski definition) is 3. The van der Waals surface area contributed by atoms with E-state index >= 15 is 0 Å². The number of carboxylic acid groups (broad SMARTS) is 1. The molecular weight excluding hydrogens is 230 g/mol. The van der Waals surface area contributed by atoms with Crippen LogP contribution in [-0.4, -0.2) is 24.2 Å². The second-order valence-electron chi connectivity index (χ2n) is 4.43. The first kappa shape index (κ1) is 14.5. The summed E-state index contributed by atoms with van der Waals surface area (Å²) in [6.45, 7) is 5.70. The van der Waals surface area contributed by atoms with E-state index in [-0.39, 0.29) is 6.61 Å². The van der Waals surface area contributed by atoms with Crippen molar-refractivity contribution in [3.63, 3.8) is 0 Å². The number of para-hydroxylation sites is 1. The highest BCUT2D eigenvalue weighted by atomic mass is 16.5. The third kappa shape index (κ3) is 5.19. The van der Waals surface area contributed by atoms with Crippen molar-refractivity contribution in [2.45, 2.75) is 26.8 Å². The van der Waals surface area contributed by atoms with E-state index < -0.39 is 5.97 Å². The molecule has 0 aromatic heterocycles. The Morgan fingerprint density at radius 3 is 2.83 bits per heavy atom. The Hall–Kier alpha value is -1.55. The van der Waals surface area contributed by atoms with E-state index in [9.17, 15) is 4.79 Å². The maximum Gasteiger partial charge on any atom is 0.341 e. The van der Waals surface area contributed by atoms with Crippen LogP contribution in [0.1, 0.15) is 25.8 Å². The smallest absolute Gasteiger partial charge is 0.341 e. The second kappa shape index (κ2) is 7.71. The van der Waals surface area contributed by atoms with E-state index in [0.29, 0.717) is 18.2 Å². The summed E-state index contributed by atoms with van der Waals surface area (Å²) in [5, 5.41) is 12.0. The van der Waals surface area contributed by atoms with Crippen molar-refractivity contribution in [3.05, 3.63) is 29.8 Å². The summed E-state index contributed by atoms with van der Waals surface area (Å²) >= 11 is 0. The quantitative estimate of drug-likeness (QED) is 0.744. The molecule has 0 fully saturated rings. The van der Waals surface area contributed by atoms with E-state index in [1.54, 1.807) is 6.07 Å². The molecule has 0 aliphatic carbocycles. The normalized spacial score (nSPS) is 12.1. The van der Waals surface area contributed by atoms with Gasteiger partial charge in [0, 0.05) is 12.1 Å². The van der Waals surface area contributed by atoms with Gasteiger partial charge in [-0.1, -0.05) is 38.5 Å². The number of rotatable bonds is 8. The first-order valence-corrected chi connectivity index (χ1v) is 6.26. The fraction of sp³-hybridized carbons (Fsp3) is 0.500. The van der Waals surface area contributed by atoms with Crippen molar-refractivity contribution in [1.82, 2.24) is 5.32 Å². The zero-order valence-corrected chi connectivity index (χ0v) is 11.0. The first-order chi connectivity index (χ1) is 8.63. The highest BCUT2D eigenvalue weighted by molar-refractivity contribution is 5.68. The van der Waals surface area contributed by atoms with Gasteiger partial charge in [0.15, 0.2) is 6.61 Å². The minimum Gasteiger partial charge on any atom is -0.482 e. The fourth-order valence-corrected chi connectivity index (χ4v) is 1.53. The monoisotopic (exact) mass is 251 g/mol. The van der Waals surface area contributed by atoms with E-state index in [0.717, 1.165) is 18.5 Å². The molecule has 0 aliphatic rings. The summed E-state index contributed by atoms with van der Waals surface area (Å²) < 4.78 is 5.24. The van der Waals surface area contributed by atoms with Crippen molar-refractivity contribution < 1.29 is 14.6 Å². The van der Waals surface area contributed by atoms with Crippen molar-refractivity contribution in [2.24, 2.45) is 5.92 Å². The Balaban J connectivity index is 2.50. The lowest BCUT2D eigenvalue weighted by atomic mass is 10.1. The molecule has 0 aliphatic heterocycles. The number of nitrogens with one attached hydrogen (secondary N) is 1. The largest absolute Gasteiger partial charge is 0.482 e. The molecule has 2 N–H and O–H groups in total. The lowest BCUT2D eigenvalue weighted by Crippen LogP contribution is -2.21. The van der Waals surface area contributed by atoms with Gasteiger partial charge >= 0.3 is 5.97 Å². The predicted octanol–water partition coefficient (Wildman–Crippen LogP) is 2.29. The maximum atomic E-state index is 10.5. The second-order valence-corrected chi connectivity index (χ2v) is 4.43. The van der Waals surface area contributed by atoms with Gasteiger partial charge in [-0.3, -0.25) is 0 Å². The van der Waals surface area contributed by atoms with Gasteiger partial charge in [0.2, 0.25) is 0 Å². The Labute approximate surface area is 108 Å². The van der Waals surface area contributed by atoms with E-state index in [1.165, 1.54) is 0 Å². The summed E-state index contributed by atoms with van der Waals surface area (Å²) in [6.07, 6.45) is 1.14. The van der Waals surface area contributed by atoms with Gasteiger partial charge in [-0.15, -0.1) is 0 Å². The van der Waals surface area contributed by atoms with Crippen LogP contribution < -0.4 is 10.1 Å². The van der Waals surface area contributed by atoms with Crippen LogP contribution >= 0.6 is 0 Å². The van der Waals surface area contributed by atoms with Gasteiger partial charge in [0.1, 0.15) is 5.75 Å². The Morgan fingerprint density at radius 2 is 2.17 bits per heavy atom. The van der Waals surface area contributed by atoms with Crippen LogP contribution in [0.15, 0.2) is 24.3 Å². The number of benzene rings is 1. The summed E-state index contributed by atoms with van der Waals surface area (Å²) in [6, 6.07) is 7.51. The molecule has 0 saturated carbocycles. The van der Waals surface area contributed by atoms with Gasteiger partial charge in [-0.2, -0.15) is 0 Å². The van der Waals surface area contributed by atoms with Gasteiger partial charge in [0.25, 0.3) is 0 Å². The zero-order chi connectivity index (χ0) is 13.4. The highest BCUT2D eigenvalue weighted by Crippen LogP contribution is 2.17. The summed E-state index contributed by atoms with van der Waals surface area (Å²) in [7, 11) is 0. The lowest BCUT2D eigenvalue weighted by Gasteiger charge is -2.13. The van der Waals surface area contributed by atoms with Crippen LogP contribution in [0.4, 0.5) is 0 Å². The minimum absolute atomic E-state index is 0.303. The minimum atomic E-state index is -0.961. The molecular formula is C14H21NO3. The molecule has 1 unspecified atom stereocenters. The number of hydrogen-bond donors (Lipinski definition) is 2. The molecule has 100 valence electrons. The third-order valence-corrected chi connectivity index (χ3v) is 2.83. The molecule has 0 radical (unpaired) electrons. The number of ether oxygens (including phenoxy) is 1. The van der Waals surface area contributed by atoms with Crippen molar-refractivity contribution in [1.29, 1.82) is 0 Å². The van der Waals surface area contributed by atoms with E-state index in [4.69, 9.17) is 9.84 Å². The maximum absolute atomic E-state index is 10.5. The van der Waals surface area contributed by atoms with Gasteiger partial charge in [-0.05, 0) is 18.5 Å². The molecule has 0 bridgehead atoms. The lowest BCUT2D eigenvalue weighted by molar-refractivity contribution is -0.139. The molecule has 1 rings (SSSR count). The van der Waals surface area contributed by atoms with Gasteiger partial charge in [0.05, 0.1) is 0 Å². The number of aliphatic carboxylic acids is 1. The Kier molecular flexibility index (Phi) is 6.22. The van der Waals surface area contributed by atoms with Gasteiger partial charge in [-0.25, -0.2) is 4.79 Å². The molecule has 0 heterocycles. The summed E-state index contributed by atoms with van der Waals surface area (Å²) in [5.41, 5.74) is 0.988. The average molecular weight is 251 g/mol. The highest BCUT2D eigenvalue weighted by Gasteiger charge is 2.05. The standard InChI is InChI=1S/C14H21NO3/c1-3-11(2)8-15-9-12-6-4-5-7-13(12)18-10-14(16)17/h4-7,11,15H,3,8-10H2,1-2H3,(H,16,17). The fourth-order valence-electron chi connectivity index (χ4n) is 1.53. The molecule has 1 aromatic carbocycles. The number of carbonyl (C=O) groups is 1. The van der Waals surface area contributed by atoms with Crippen molar-refractivity contribution in [2.75, 3.05) is 13.2 Å². The molecule has 4 heteroatoms. The van der Waals surface area contributed by atoms with Crippen LogP contribution in [0, 0.1) is 5.92 Å². The molecule has 4 nitrogen and oxygen atoms in total. The van der Waals surface area contributed by atoms with Crippen molar-refractivity contribution >= 4 is 5.97 Å². The number of carboxylic acids is 1. The van der Waals surface area contributed by atoms with Crippen LogP contribution in [-0.2, 0) is 11.3 Å². The first-order valence-electron chi connectivity index (χ1n) is 6.26. The molecule has 1 atom stereocenters. The van der Waals surface area contributed by atoms with Gasteiger partial charge < -0.3 is 15.2 Å². The van der Waals surface area contributed by atoms with E-state index in [1.807, 2.05) is 18.2 Å². The predicted molar refractivity (Wildman–Crippen MR) is 70.7 cm³/mol. The molecule has 0 saturated heterocycles. The summed E-state index contributed by atoms with van der Waals surface area (Å²) in [4.78, 5) is 10.5. The third-order valence-electron chi connectivity index (χ3n) is 2.83. The zero-order valence-electron chi connectivity index (χ0n) is 11.0. The Bertz CT molecular complexity index is 379. The van der Waals surface area contributed by atoms with Crippen LogP contribution in [0.5, 0.6) is 5.75 Å². The van der Waals surface area contributed by atoms with Crippen LogP contribution in [0.2, 0.25) is 0 Å². The molecule has 1 aromatic rings.